The average molecular weight is 523 g/mol. The first-order valence-electron chi connectivity index (χ1n) is 12.0. The standard InChI is InChI=1S/C25H35BrN2O5/c1-2-33-23(30)20(11-10-18-8-4-3-5-9-18)27-24(31)25(14-6-7-15-25)28-22(29)21(26)19-12-16-32-17-13-19/h3-5,8-9,19-21H,2,6-7,10-17H2,1H3,(H,27,31)(H,28,29)/t20-,21+/m0/s1. The number of alkyl halides is 1. The smallest absolute Gasteiger partial charge is 0.328 e. The monoisotopic (exact) mass is 522 g/mol. The number of rotatable bonds is 10. The Morgan fingerprint density at radius 2 is 1.82 bits per heavy atom. The maximum atomic E-state index is 13.5. The van der Waals surface area contributed by atoms with E-state index in [9.17, 15) is 14.4 Å². The second-order valence-corrected chi connectivity index (χ2v) is 9.92. The van der Waals surface area contributed by atoms with E-state index in [0.29, 0.717) is 38.9 Å². The van der Waals surface area contributed by atoms with Crippen molar-refractivity contribution in [1.29, 1.82) is 0 Å². The minimum atomic E-state index is -0.994. The fraction of sp³-hybridized carbons (Fsp3) is 0.640. The minimum absolute atomic E-state index is 0.170. The molecule has 1 heterocycles. The molecule has 0 radical (unpaired) electrons. The van der Waals surface area contributed by atoms with Crippen LogP contribution in [0.2, 0.25) is 0 Å². The van der Waals surface area contributed by atoms with E-state index < -0.39 is 17.6 Å². The lowest BCUT2D eigenvalue weighted by molar-refractivity contribution is -0.148. The van der Waals surface area contributed by atoms with Gasteiger partial charge >= 0.3 is 5.97 Å². The van der Waals surface area contributed by atoms with Crippen LogP contribution in [0.1, 0.15) is 57.4 Å². The van der Waals surface area contributed by atoms with Gasteiger partial charge in [-0.05, 0) is 56.9 Å². The fourth-order valence-corrected chi connectivity index (χ4v) is 5.30. The molecule has 3 rings (SSSR count). The number of hydrogen-bond donors (Lipinski definition) is 2. The van der Waals surface area contributed by atoms with E-state index in [0.717, 1.165) is 31.2 Å². The summed E-state index contributed by atoms with van der Waals surface area (Å²) in [7, 11) is 0. The van der Waals surface area contributed by atoms with E-state index >= 15 is 0 Å². The maximum absolute atomic E-state index is 13.5. The normalized spacial score (nSPS) is 19.9. The highest BCUT2D eigenvalue weighted by molar-refractivity contribution is 9.10. The molecule has 1 aliphatic heterocycles. The SMILES string of the molecule is CCOC(=O)[C@H](CCc1ccccc1)NC(=O)C1(NC(=O)[C@H](Br)C2CCOCC2)CCCC1. The summed E-state index contributed by atoms with van der Waals surface area (Å²) in [6.45, 7) is 3.29. The van der Waals surface area contributed by atoms with Gasteiger partial charge in [0.1, 0.15) is 11.6 Å². The molecular weight excluding hydrogens is 488 g/mol. The minimum Gasteiger partial charge on any atom is -0.464 e. The van der Waals surface area contributed by atoms with E-state index in [1.54, 1.807) is 6.92 Å². The summed E-state index contributed by atoms with van der Waals surface area (Å²) in [6, 6.07) is 9.07. The molecule has 2 atom stereocenters. The van der Waals surface area contributed by atoms with Gasteiger partial charge in [0.05, 0.1) is 11.4 Å². The number of aryl methyl sites for hydroxylation is 1. The Bertz CT molecular complexity index is 791. The molecule has 0 unspecified atom stereocenters. The molecule has 2 amide bonds. The zero-order valence-electron chi connectivity index (χ0n) is 19.3. The van der Waals surface area contributed by atoms with Gasteiger partial charge in [-0.3, -0.25) is 9.59 Å². The van der Waals surface area contributed by atoms with Gasteiger partial charge in [0, 0.05) is 13.2 Å². The number of amides is 2. The molecule has 7 nitrogen and oxygen atoms in total. The van der Waals surface area contributed by atoms with Crippen LogP contribution in [0.5, 0.6) is 0 Å². The van der Waals surface area contributed by atoms with Gasteiger partial charge in [-0.2, -0.15) is 0 Å². The molecule has 2 aliphatic rings. The number of carbonyl (C=O) groups excluding carboxylic acids is 3. The van der Waals surface area contributed by atoms with Crippen LogP contribution in [0.3, 0.4) is 0 Å². The quantitative estimate of drug-likeness (QED) is 0.363. The molecule has 1 aromatic carbocycles. The third-order valence-electron chi connectivity index (χ3n) is 6.63. The van der Waals surface area contributed by atoms with Crippen molar-refractivity contribution in [2.75, 3.05) is 19.8 Å². The van der Waals surface area contributed by atoms with Crippen molar-refractivity contribution in [1.82, 2.24) is 10.6 Å². The first kappa shape index (κ1) is 25.7. The lowest BCUT2D eigenvalue weighted by Gasteiger charge is -2.33. The van der Waals surface area contributed by atoms with E-state index in [-0.39, 0.29) is 29.2 Å². The third kappa shape index (κ3) is 7.03. The largest absolute Gasteiger partial charge is 0.464 e. The van der Waals surface area contributed by atoms with Crippen LogP contribution >= 0.6 is 15.9 Å². The average Bonchev–Trinajstić information content (AvgIpc) is 3.32. The second-order valence-electron chi connectivity index (χ2n) is 8.93. The lowest BCUT2D eigenvalue weighted by Crippen LogP contribution is -2.61. The summed E-state index contributed by atoms with van der Waals surface area (Å²) >= 11 is 3.56. The highest BCUT2D eigenvalue weighted by Gasteiger charge is 2.45. The first-order chi connectivity index (χ1) is 15.9. The summed E-state index contributed by atoms with van der Waals surface area (Å²) in [5.41, 5.74) is 0.0923. The van der Waals surface area contributed by atoms with E-state index in [2.05, 4.69) is 26.6 Å². The van der Waals surface area contributed by atoms with Gasteiger partial charge in [-0.15, -0.1) is 0 Å². The van der Waals surface area contributed by atoms with Crippen LogP contribution in [0, 0.1) is 5.92 Å². The van der Waals surface area contributed by atoms with Gasteiger partial charge < -0.3 is 20.1 Å². The molecule has 1 saturated carbocycles. The summed E-state index contributed by atoms with van der Waals surface area (Å²) < 4.78 is 10.6. The van der Waals surface area contributed by atoms with Crippen molar-refractivity contribution < 1.29 is 23.9 Å². The summed E-state index contributed by atoms with van der Waals surface area (Å²) in [5, 5.41) is 5.96. The van der Waals surface area contributed by atoms with Crippen molar-refractivity contribution >= 4 is 33.7 Å². The van der Waals surface area contributed by atoms with E-state index in [1.165, 1.54) is 0 Å². The van der Waals surface area contributed by atoms with Crippen molar-refractivity contribution in [3.63, 3.8) is 0 Å². The molecule has 2 N–H and O–H groups in total. The molecule has 1 aliphatic carbocycles. The number of esters is 1. The lowest BCUT2D eigenvalue weighted by atomic mass is 9.92. The predicted molar refractivity (Wildman–Crippen MR) is 129 cm³/mol. The molecule has 0 aromatic heterocycles. The van der Waals surface area contributed by atoms with Crippen LogP contribution in [0.25, 0.3) is 0 Å². The van der Waals surface area contributed by atoms with Gasteiger partial charge in [0.2, 0.25) is 11.8 Å². The maximum Gasteiger partial charge on any atom is 0.328 e. The van der Waals surface area contributed by atoms with Crippen molar-refractivity contribution in [3.8, 4) is 0 Å². The van der Waals surface area contributed by atoms with Crippen molar-refractivity contribution in [3.05, 3.63) is 35.9 Å². The zero-order valence-corrected chi connectivity index (χ0v) is 20.9. The molecule has 1 aromatic rings. The molecule has 0 spiro atoms. The Hall–Kier alpha value is -1.93. The molecule has 1 saturated heterocycles. The van der Waals surface area contributed by atoms with Gasteiger partial charge in [0.25, 0.3) is 0 Å². The Balaban J connectivity index is 1.67. The van der Waals surface area contributed by atoms with Crippen LogP contribution in [0.4, 0.5) is 0 Å². The fourth-order valence-electron chi connectivity index (χ4n) is 4.66. The Morgan fingerprint density at radius 1 is 1.15 bits per heavy atom. The Morgan fingerprint density at radius 3 is 2.45 bits per heavy atom. The third-order valence-corrected chi connectivity index (χ3v) is 7.79. The molecular formula is C25H35BrN2O5. The van der Waals surface area contributed by atoms with Crippen LogP contribution < -0.4 is 10.6 Å². The number of benzene rings is 1. The molecule has 182 valence electrons. The van der Waals surface area contributed by atoms with Crippen molar-refractivity contribution in [2.45, 2.75) is 74.7 Å². The van der Waals surface area contributed by atoms with Crippen LogP contribution in [0.15, 0.2) is 30.3 Å². The van der Waals surface area contributed by atoms with Gasteiger partial charge in [-0.1, -0.05) is 59.1 Å². The molecule has 2 fully saturated rings. The number of nitrogens with one attached hydrogen (secondary N) is 2. The van der Waals surface area contributed by atoms with Crippen LogP contribution in [-0.2, 0) is 30.3 Å². The summed E-state index contributed by atoms with van der Waals surface area (Å²) in [4.78, 5) is 38.8. The van der Waals surface area contributed by atoms with Gasteiger partial charge in [-0.25, -0.2) is 4.79 Å². The Kier molecular flexibility index (Phi) is 9.74. The van der Waals surface area contributed by atoms with Gasteiger partial charge in [0.15, 0.2) is 0 Å². The topological polar surface area (TPSA) is 93.7 Å². The van der Waals surface area contributed by atoms with Crippen LogP contribution in [-0.4, -0.2) is 54.0 Å². The number of halogens is 1. The number of hydrogen-bond acceptors (Lipinski definition) is 5. The molecule has 8 heteroatoms. The zero-order chi connectivity index (χ0) is 23.7. The van der Waals surface area contributed by atoms with E-state index in [1.807, 2.05) is 30.3 Å². The summed E-state index contributed by atoms with van der Waals surface area (Å²) in [5.74, 6) is -0.734. The number of ether oxygens (including phenoxy) is 2. The highest BCUT2D eigenvalue weighted by atomic mass is 79.9. The predicted octanol–water partition coefficient (Wildman–Crippen LogP) is 3.29. The summed E-state index contributed by atoms with van der Waals surface area (Å²) in [6.07, 6.45) is 5.52. The molecule has 33 heavy (non-hydrogen) atoms. The first-order valence-corrected chi connectivity index (χ1v) is 12.9. The molecule has 0 bridgehead atoms. The number of carbonyl (C=O) groups is 3. The Labute approximate surface area is 204 Å². The van der Waals surface area contributed by atoms with E-state index in [4.69, 9.17) is 9.47 Å². The second kappa shape index (κ2) is 12.5. The van der Waals surface area contributed by atoms with Crippen molar-refractivity contribution in [2.24, 2.45) is 5.92 Å². The highest BCUT2D eigenvalue weighted by Crippen LogP contribution is 2.32.